The van der Waals surface area contributed by atoms with Gasteiger partial charge < -0.3 is 10.1 Å². The molecule has 0 aliphatic rings. The standard InChI is InChI=1S/C24H23N3O3S/c1-24(2,3)20-15-31-23-26-14-19(22(29)27(20)23)21(28)25-13-16-9-11-18(12-10-16)30-17-7-5-4-6-8-17/h4-12,14-15H,13H2,1-3H3,(H,25,28). The molecule has 0 atom stereocenters. The van der Waals surface area contributed by atoms with E-state index in [1.807, 2.05) is 80.7 Å². The second-order valence-electron chi connectivity index (χ2n) is 8.21. The number of thiazole rings is 1. The van der Waals surface area contributed by atoms with Crippen LogP contribution in [-0.4, -0.2) is 15.3 Å². The minimum absolute atomic E-state index is 0.0328. The quantitative estimate of drug-likeness (QED) is 0.492. The molecule has 2 aromatic heterocycles. The van der Waals surface area contributed by atoms with Crippen LogP contribution < -0.4 is 15.6 Å². The smallest absolute Gasteiger partial charge is 0.271 e. The Morgan fingerprint density at radius 3 is 2.42 bits per heavy atom. The lowest BCUT2D eigenvalue weighted by Gasteiger charge is -2.17. The molecule has 0 aliphatic heterocycles. The number of rotatable bonds is 5. The molecule has 0 saturated carbocycles. The summed E-state index contributed by atoms with van der Waals surface area (Å²) in [5.74, 6) is 1.03. The third kappa shape index (κ3) is 4.51. The highest BCUT2D eigenvalue weighted by Gasteiger charge is 2.22. The number of hydrogen-bond acceptors (Lipinski definition) is 5. The first-order chi connectivity index (χ1) is 14.8. The molecule has 0 radical (unpaired) electrons. The summed E-state index contributed by atoms with van der Waals surface area (Å²) < 4.78 is 7.31. The minimum atomic E-state index is -0.442. The summed E-state index contributed by atoms with van der Waals surface area (Å²) >= 11 is 1.40. The molecule has 7 heteroatoms. The Morgan fingerprint density at radius 2 is 1.74 bits per heavy atom. The van der Waals surface area contributed by atoms with Crippen molar-refractivity contribution in [1.29, 1.82) is 0 Å². The van der Waals surface area contributed by atoms with E-state index >= 15 is 0 Å². The highest BCUT2D eigenvalue weighted by atomic mass is 32.1. The Kier molecular flexibility index (Phi) is 5.61. The number of ether oxygens (including phenoxy) is 1. The van der Waals surface area contributed by atoms with Crippen molar-refractivity contribution in [3.05, 3.63) is 93.3 Å². The van der Waals surface area contributed by atoms with Crippen molar-refractivity contribution in [3.63, 3.8) is 0 Å². The zero-order valence-corrected chi connectivity index (χ0v) is 18.4. The number of aromatic nitrogens is 2. The lowest BCUT2D eigenvalue weighted by molar-refractivity contribution is 0.0949. The van der Waals surface area contributed by atoms with Gasteiger partial charge in [0.15, 0.2) is 4.96 Å². The van der Waals surface area contributed by atoms with Crippen LogP contribution in [0, 0.1) is 0 Å². The van der Waals surface area contributed by atoms with E-state index in [-0.39, 0.29) is 16.5 Å². The van der Waals surface area contributed by atoms with Gasteiger partial charge in [0.1, 0.15) is 17.1 Å². The Balaban J connectivity index is 1.47. The van der Waals surface area contributed by atoms with Crippen LogP contribution in [-0.2, 0) is 12.0 Å². The van der Waals surface area contributed by atoms with Crippen molar-refractivity contribution in [2.24, 2.45) is 0 Å². The van der Waals surface area contributed by atoms with Gasteiger partial charge in [0, 0.05) is 29.2 Å². The van der Waals surface area contributed by atoms with Crippen LogP contribution in [0.3, 0.4) is 0 Å². The molecule has 1 N–H and O–H groups in total. The third-order valence-corrected chi connectivity index (χ3v) is 5.65. The van der Waals surface area contributed by atoms with Gasteiger partial charge in [-0.1, -0.05) is 51.1 Å². The first kappa shape index (κ1) is 20.8. The number of carbonyl (C=O) groups excluding carboxylic acids is 1. The van der Waals surface area contributed by atoms with Gasteiger partial charge in [-0.05, 0) is 29.8 Å². The van der Waals surface area contributed by atoms with Crippen LogP contribution in [0.4, 0.5) is 0 Å². The third-order valence-electron chi connectivity index (χ3n) is 4.81. The molecule has 0 unspecified atom stereocenters. The number of fused-ring (bicyclic) bond motifs is 1. The summed E-state index contributed by atoms with van der Waals surface area (Å²) in [7, 11) is 0. The Morgan fingerprint density at radius 1 is 1.06 bits per heavy atom. The van der Waals surface area contributed by atoms with E-state index < -0.39 is 5.91 Å². The molecule has 0 aliphatic carbocycles. The van der Waals surface area contributed by atoms with E-state index in [4.69, 9.17) is 4.74 Å². The van der Waals surface area contributed by atoms with Crippen LogP contribution in [0.2, 0.25) is 0 Å². The summed E-state index contributed by atoms with van der Waals surface area (Å²) in [6, 6.07) is 17.0. The Labute approximate surface area is 184 Å². The van der Waals surface area contributed by atoms with E-state index in [9.17, 15) is 9.59 Å². The summed E-state index contributed by atoms with van der Waals surface area (Å²) in [5, 5.41) is 4.73. The van der Waals surface area contributed by atoms with Crippen molar-refractivity contribution in [3.8, 4) is 11.5 Å². The van der Waals surface area contributed by atoms with E-state index in [2.05, 4.69) is 10.3 Å². The molecule has 0 spiro atoms. The molecule has 2 aromatic carbocycles. The van der Waals surface area contributed by atoms with Gasteiger partial charge in [-0.2, -0.15) is 0 Å². The van der Waals surface area contributed by atoms with Gasteiger partial charge >= 0.3 is 0 Å². The van der Waals surface area contributed by atoms with Gasteiger partial charge in [0.2, 0.25) is 0 Å². The molecule has 31 heavy (non-hydrogen) atoms. The van der Waals surface area contributed by atoms with E-state index in [0.29, 0.717) is 17.3 Å². The fourth-order valence-corrected chi connectivity index (χ4v) is 4.22. The maximum absolute atomic E-state index is 13.0. The number of nitrogens with zero attached hydrogens (tertiary/aromatic N) is 2. The first-order valence-corrected chi connectivity index (χ1v) is 10.8. The van der Waals surface area contributed by atoms with E-state index in [1.54, 1.807) is 0 Å². The Hall–Kier alpha value is -3.45. The van der Waals surface area contributed by atoms with Crippen molar-refractivity contribution in [1.82, 2.24) is 14.7 Å². The lowest BCUT2D eigenvalue weighted by atomic mass is 9.93. The van der Waals surface area contributed by atoms with Crippen molar-refractivity contribution < 1.29 is 9.53 Å². The fourth-order valence-electron chi connectivity index (χ4n) is 3.14. The molecule has 0 bridgehead atoms. The molecule has 6 nitrogen and oxygen atoms in total. The van der Waals surface area contributed by atoms with Gasteiger partial charge in [-0.15, -0.1) is 11.3 Å². The number of benzene rings is 2. The zero-order valence-electron chi connectivity index (χ0n) is 17.6. The monoisotopic (exact) mass is 433 g/mol. The minimum Gasteiger partial charge on any atom is -0.457 e. The highest BCUT2D eigenvalue weighted by molar-refractivity contribution is 7.15. The normalized spacial score (nSPS) is 11.5. The summed E-state index contributed by atoms with van der Waals surface area (Å²) in [5.41, 5.74) is 1.19. The molecule has 4 rings (SSSR count). The van der Waals surface area contributed by atoms with Gasteiger partial charge in [-0.25, -0.2) is 4.98 Å². The molecule has 0 saturated heterocycles. The summed E-state index contributed by atoms with van der Waals surface area (Å²) in [4.78, 5) is 30.6. The predicted molar refractivity (Wildman–Crippen MR) is 122 cm³/mol. The van der Waals surface area contributed by atoms with Crippen LogP contribution in [0.25, 0.3) is 4.96 Å². The average molecular weight is 434 g/mol. The molecule has 158 valence electrons. The largest absolute Gasteiger partial charge is 0.457 e. The second kappa shape index (κ2) is 8.35. The number of para-hydroxylation sites is 1. The molecular weight excluding hydrogens is 410 g/mol. The number of hydrogen-bond donors (Lipinski definition) is 1. The van der Waals surface area contributed by atoms with Crippen molar-refractivity contribution in [2.45, 2.75) is 32.7 Å². The molecular formula is C24H23N3O3S. The van der Waals surface area contributed by atoms with Crippen molar-refractivity contribution in [2.75, 3.05) is 0 Å². The summed E-state index contributed by atoms with van der Waals surface area (Å²) in [6.07, 6.45) is 1.35. The molecule has 0 fully saturated rings. The number of carbonyl (C=O) groups is 1. The SMILES string of the molecule is CC(C)(C)c1csc2ncc(C(=O)NCc3ccc(Oc4ccccc4)cc3)c(=O)n12. The Bertz CT molecular complexity index is 1270. The lowest BCUT2D eigenvalue weighted by Crippen LogP contribution is -2.32. The van der Waals surface area contributed by atoms with E-state index in [0.717, 1.165) is 17.0 Å². The maximum atomic E-state index is 13.0. The van der Waals surface area contributed by atoms with Gasteiger partial charge in [-0.3, -0.25) is 14.0 Å². The highest BCUT2D eigenvalue weighted by Crippen LogP contribution is 2.25. The average Bonchev–Trinajstić information content (AvgIpc) is 3.20. The van der Waals surface area contributed by atoms with Crippen LogP contribution >= 0.6 is 11.3 Å². The van der Waals surface area contributed by atoms with Gasteiger partial charge in [0.25, 0.3) is 11.5 Å². The number of nitrogens with one attached hydrogen (secondary N) is 1. The fraction of sp³-hybridized carbons (Fsp3) is 0.208. The summed E-state index contributed by atoms with van der Waals surface area (Å²) in [6.45, 7) is 6.37. The topological polar surface area (TPSA) is 72.7 Å². The van der Waals surface area contributed by atoms with Crippen LogP contribution in [0.1, 0.15) is 42.4 Å². The van der Waals surface area contributed by atoms with Gasteiger partial charge in [0.05, 0.1) is 0 Å². The zero-order chi connectivity index (χ0) is 22.0. The van der Waals surface area contributed by atoms with Crippen LogP contribution in [0.5, 0.6) is 11.5 Å². The van der Waals surface area contributed by atoms with E-state index in [1.165, 1.54) is 21.9 Å². The molecule has 2 heterocycles. The second-order valence-corrected chi connectivity index (χ2v) is 9.04. The maximum Gasteiger partial charge on any atom is 0.271 e. The molecule has 1 amide bonds. The molecule has 4 aromatic rings. The predicted octanol–water partition coefficient (Wildman–Crippen LogP) is 4.78. The number of amides is 1. The van der Waals surface area contributed by atoms with Crippen LogP contribution in [0.15, 0.2) is 71.0 Å². The first-order valence-electron chi connectivity index (χ1n) is 9.93. The van der Waals surface area contributed by atoms with Crippen molar-refractivity contribution >= 4 is 22.2 Å².